The molecule has 0 bridgehead atoms. The van der Waals surface area contributed by atoms with Gasteiger partial charge in [0.15, 0.2) is 11.6 Å². The third-order valence-electron chi connectivity index (χ3n) is 5.87. The van der Waals surface area contributed by atoms with Crippen molar-refractivity contribution in [2.24, 2.45) is 0 Å². The number of hydrogen-bond donors (Lipinski definition) is 1. The van der Waals surface area contributed by atoms with Crippen molar-refractivity contribution in [3.63, 3.8) is 0 Å². The molecule has 11 heteroatoms. The van der Waals surface area contributed by atoms with E-state index >= 15 is 0 Å². The summed E-state index contributed by atoms with van der Waals surface area (Å²) in [6.45, 7) is 6.96. The zero-order valence-corrected chi connectivity index (χ0v) is 23.9. The number of ether oxygens (including phenoxy) is 2. The normalized spacial score (nSPS) is 11.0. The molecule has 3 aromatic carbocycles. The van der Waals surface area contributed by atoms with Gasteiger partial charge in [0.1, 0.15) is 11.3 Å². The first-order valence-corrected chi connectivity index (χ1v) is 14.4. The molecule has 0 atom stereocenters. The number of carbonyl (C=O) groups is 2. The van der Waals surface area contributed by atoms with Crippen molar-refractivity contribution in [3.8, 4) is 17.1 Å². The highest BCUT2D eigenvalue weighted by atomic mass is 32.2. The number of esters is 1. The molecule has 0 radical (unpaired) electrons. The van der Waals surface area contributed by atoms with Gasteiger partial charge in [0, 0.05) is 18.2 Å². The maximum absolute atomic E-state index is 14.4. The van der Waals surface area contributed by atoms with Crippen molar-refractivity contribution >= 4 is 39.1 Å². The second kappa shape index (κ2) is 12.6. The van der Waals surface area contributed by atoms with Crippen molar-refractivity contribution in [1.29, 1.82) is 0 Å². The minimum atomic E-state index is -4.38. The first kappa shape index (κ1) is 29.2. The Hall–Kier alpha value is -4.77. The fourth-order valence-corrected chi connectivity index (χ4v) is 5.55. The summed E-state index contributed by atoms with van der Waals surface area (Å²) in [6, 6.07) is 21.2. The Kier molecular flexibility index (Phi) is 8.98. The van der Waals surface area contributed by atoms with Crippen molar-refractivity contribution in [2.75, 3.05) is 22.8 Å². The molecule has 1 N–H and O–H groups in total. The summed E-state index contributed by atoms with van der Waals surface area (Å²) in [6.07, 6.45) is 0. The highest BCUT2D eigenvalue weighted by molar-refractivity contribution is 7.93. The first-order chi connectivity index (χ1) is 19.6. The molecule has 1 amide bonds. The molecule has 1 heterocycles. The zero-order valence-electron chi connectivity index (χ0n) is 23.1. The molecular weight excluding hydrogens is 544 g/mol. The third-order valence-corrected chi connectivity index (χ3v) is 7.60. The highest BCUT2D eigenvalue weighted by Crippen LogP contribution is 2.37. The summed E-state index contributed by atoms with van der Waals surface area (Å²) in [7, 11) is -4.38. The summed E-state index contributed by atoms with van der Waals surface area (Å²) in [4.78, 5) is 33.8. The van der Waals surface area contributed by atoms with Crippen LogP contribution in [-0.4, -0.2) is 43.5 Å². The zero-order chi connectivity index (χ0) is 29.6. The van der Waals surface area contributed by atoms with Gasteiger partial charge >= 0.3 is 5.97 Å². The number of rotatable bonds is 10. The molecule has 0 spiro atoms. The van der Waals surface area contributed by atoms with Gasteiger partial charge in [-0.15, -0.1) is 0 Å². The van der Waals surface area contributed by atoms with Gasteiger partial charge in [-0.3, -0.25) is 4.79 Å². The van der Waals surface area contributed by atoms with Crippen LogP contribution >= 0.6 is 0 Å². The number of nitrogens with one attached hydrogen (secondary N) is 1. The van der Waals surface area contributed by atoms with Gasteiger partial charge in [-0.25, -0.2) is 27.5 Å². The average molecular weight is 575 g/mol. The second-order valence-corrected chi connectivity index (χ2v) is 10.6. The number of anilines is 3. The molecule has 0 saturated heterocycles. The van der Waals surface area contributed by atoms with Gasteiger partial charge in [-0.2, -0.15) is 0 Å². The van der Waals surface area contributed by atoms with Crippen LogP contribution < -0.4 is 14.4 Å². The second-order valence-electron chi connectivity index (χ2n) is 8.82. The maximum atomic E-state index is 14.4. The van der Waals surface area contributed by atoms with Crippen molar-refractivity contribution in [3.05, 3.63) is 90.1 Å². The van der Waals surface area contributed by atoms with Crippen LogP contribution in [0.2, 0.25) is 0 Å². The minimum Gasteiger partial charge on any atom is -0.494 e. The Labute approximate surface area is 239 Å². The standard InChI is InChI=1S/C30H30N4O6S/c1-5-39-25-16-14-24(15-17-25)34(41(37,38)26-18-12-23(13-19-26)32-21(4)35)29-27(30(36)40-6-2)20(3)31-28(33-29)22-10-8-7-9-11-22/h7-19H,5-6H2,1-4H3,(H,32,35). The number of benzene rings is 3. The molecule has 4 rings (SSSR count). The molecule has 1 aromatic heterocycles. The van der Waals surface area contributed by atoms with Crippen LogP contribution in [0.4, 0.5) is 17.2 Å². The van der Waals surface area contributed by atoms with Crippen LogP contribution in [0, 0.1) is 6.92 Å². The van der Waals surface area contributed by atoms with E-state index in [1.807, 2.05) is 25.1 Å². The SMILES string of the molecule is CCOC(=O)c1c(C)nc(-c2ccccc2)nc1N(c1ccc(OCC)cc1)S(=O)(=O)c1ccc(NC(C)=O)cc1. The van der Waals surface area contributed by atoms with E-state index in [1.54, 1.807) is 50.2 Å². The summed E-state index contributed by atoms with van der Waals surface area (Å²) < 4.78 is 40.6. The molecule has 10 nitrogen and oxygen atoms in total. The Bertz CT molecular complexity index is 1640. The number of aromatic nitrogens is 2. The number of aryl methyl sites for hydroxylation is 1. The van der Waals surface area contributed by atoms with Crippen LogP contribution in [-0.2, 0) is 19.6 Å². The molecule has 4 aromatic rings. The quantitative estimate of drug-likeness (QED) is 0.246. The molecule has 0 fully saturated rings. The third kappa shape index (κ3) is 6.52. The van der Waals surface area contributed by atoms with Gasteiger partial charge in [-0.05, 0) is 69.3 Å². The monoisotopic (exact) mass is 574 g/mol. The van der Waals surface area contributed by atoms with E-state index in [0.29, 0.717) is 23.6 Å². The summed E-state index contributed by atoms with van der Waals surface area (Å²) in [5.41, 5.74) is 1.44. The van der Waals surface area contributed by atoms with Crippen molar-refractivity contribution in [2.45, 2.75) is 32.6 Å². The number of amides is 1. The lowest BCUT2D eigenvalue weighted by Crippen LogP contribution is -2.30. The average Bonchev–Trinajstić information content (AvgIpc) is 2.94. The molecule has 0 unspecified atom stereocenters. The number of nitrogens with zero attached hydrogens (tertiary/aromatic N) is 3. The van der Waals surface area contributed by atoms with Gasteiger partial charge in [0.05, 0.1) is 29.5 Å². The molecule has 0 saturated carbocycles. The lowest BCUT2D eigenvalue weighted by atomic mass is 10.1. The lowest BCUT2D eigenvalue weighted by Gasteiger charge is -2.26. The van der Waals surface area contributed by atoms with E-state index in [1.165, 1.54) is 31.2 Å². The Morgan fingerprint density at radius 3 is 2.12 bits per heavy atom. The smallest absolute Gasteiger partial charge is 0.343 e. The predicted octanol–water partition coefficient (Wildman–Crippen LogP) is 5.51. The van der Waals surface area contributed by atoms with E-state index in [0.717, 1.165) is 4.31 Å². The van der Waals surface area contributed by atoms with Crippen LogP contribution in [0.5, 0.6) is 5.75 Å². The summed E-state index contributed by atoms with van der Waals surface area (Å²) in [5, 5.41) is 2.62. The van der Waals surface area contributed by atoms with Crippen LogP contribution in [0.1, 0.15) is 36.8 Å². The van der Waals surface area contributed by atoms with Crippen LogP contribution in [0.3, 0.4) is 0 Å². The maximum Gasteiger partial charge on any atom is 0.343 e. The summed E-state index contributed by atoms with van der Waals surface area (Å²) in [5.74, 6) is -0.432. The molecule has 41 heavy (non-hydrogen) atoms. The fraction of sp³-hybridized carbons (Fsp3) is 0.200. The minimum absolute atomic E-state index is 0.0680. The van der Waals surface area contributed by atoms with E-state index in [2.05, 4.69) is 15.3 Å². The van der Waals surface area contributed by atoms with Crippen molar-refractivity contribution in [1.82, 2.24) is 9.97 Å². The van der Waals surface area contributed by atoms with Crippen molar-refractivity contribution < 1.29 is 27.5 Å². The molecule has 0 aliphatic carbocycles. The van der Waals surface area contributed by atoms with Gasteiger partial charge in [0.2, 0.25) is 5.91 Å². The van der Waals surface area contributed by atoms with Crippen LogP contribution in [0.15, 0.2) is 83.8 Å². The van der Waals surface area contributed by atoms with Gasteiger partial charge in [-0.1, -0.05) is 30.3 Å². The van der Waals surface area contributed by atoms with Gasteiger partial charge < -0.3 is 14.8 Å². The first-order valence-electron chi connectivity index (χ1n) is 12.9. The summed E-state index contributed by atoms with van der Waals surface area (Å²) >= 11 is 0. The fourth-order valence-electron chi connectivity index (χ4n) is 4.10. The van der Waals surface area contributed by atoms with E-state index in [-0.39, 0.29) is 46.0 Å². The molecular formula is C30H30N4O6S. The van der Waals surface area contributed by atoms with E-state index in [9.17, 15) is 18.0 Å². The lowest BCUT2D eigenvalue weighted by molar-refractivity contribution is -0.114. The Balaban J connectivity index is 1.99. The molecule has 0 aliphatic rings. The highest BCUT2D eigenvalue weighted by Gasteiger charge is 2.34. The molecule has 212 valence electrons. The largest absolute Gasteiger partial charge is 0.494 e. The molecule has 0 aliphatic heterocycles. The van der Waals surface area contributed by atoms with Crippen LogP contribution in [0.25, 0.3) is 11.4 Å². The number of hydrogen-bond acceptors (Lipinski definition) is 8. The van der Waals surface area contributed by atoms with Gasteiger partial charge in [0.25, 0.3) is 10.0 Å². The van der Waals surface area contributed by atoms with E-state index < -0.39 is 16.0 Å². The Morgan fingerprint density at radius 1 is 0.878 bits per heavy atom. The predicted molar refractivity (Wildman–Crippen MR) is 156 cm³/mol. The van der Waals surface area contributed by atoms with E-state index in [4.69, 9.17) is 9.47 Å². The number of sulfonamides is 1. The number of carbonyl (C=O) groups excluding carboxylic acids is 2. The Morgan fingerprint density at radius 2 is 1.54 bits per heavy atom. The topological polar surface area (TPSA) is 128 Å².